The van der Waals surface area contributed by atoms with Crippen LogP contribution in [0.3, 0.4) is 0 Å². The normalized spacial score (nSPS) is 25.9. The molecule has 3 nitrogen and oxygen atoms in total. The fourth-order valence-electron chi connectivity index (χ4n) is 1.90. The Bertz CT molecular complexity index is 366. The second-order valence-corrected chi connectivity index (χ2v) is 3.83. The smallest absolute Gasteiger partial charge is 0.0991 e. The molecule has 1 saturated heterocycles. The summed E-state index contributed by atoms with van der Waals surface area (Å²) in [5.74, 6) is 0. The number of nitrogens with two attached hydrogens (primary N) is 1. The fraction of sp³-hybridized carbons (Fsp3) is 0.417. The maximum absolute atomic E-state index is 8.68. The molecule has 0 bridgehead atoms. The Morgan fingerprint density at radius 3 is 2.67 bits per heavy atom. The van der Waals surface area contributed by atoms with Crippen molar-refractivity contribution in [2.75, 3.05) is 6.61 Å². The highest BCUT2D eigenvalue weighted by Gasteiger charge is 2.23. The Hall–Kier alpha value is -1.37. The summed E-state index contributed by atoms with van der Waals surface area (Å²) in [6.07, 6.45) is 2.03. The molecule has 1 fully saturated rings. The van der Waals surface area contributed by atoms with Crippen LogP contribution in [0, 0.1) is 11.3 Å². The predicted molar refractivity (Wildman–Crippen MR) is 57.1 cm³/mol. The molecule has 2 rings (SSSR count). The molecule has 1 aromatic rings. The molecule has 1 aliphatic rings. The van der Waals surface area contributed by atoms with E-state index in [1.54, 1.807) is 12.1 Å². The van der Waals surface area contributed by atoms with Crippen molar-refractivity contribution in [2.45, 2.75) is 25.0 Å². The molecule has 1 aromatic carbocycles. The van der Waals surface area contributed by atoms with E-state index in [0.717, 1.165) is 25.0 Å². The monoisotopic (exact) mass is 202 g/mol. The van der Waals surface area contributed by atoms with Gasteiger partial charge >= 0.3 is 0 Å². The van der Waals surface area contributed by atoms with Crippen LogP contribution in [0.4, 0.5) is 0 Å². The van der Waals surface area contributed by atoms with Crippen molar-refractivity contribution < 1.29 is 4.74 Å². The third-order valence-corrected chi connectivity index (χ3v) is 2.74. The van der Waals surface area contributed by atoms with Crippen molar-refractivity contribution in [1.82, 2.24) is 0 Å². The van der Waals surface area contributed by atoms with Crippen LogP contribution in [0.2, 0.25) is 0 Å². The molecule has 1 heterocycles. The van der Waals surface area contributed by atoms with Crippen molar-refractivity contribution in [1.29, 1.82) is 5.26 Å². The second-order valence-electron chi connectivity index (χ2n) is 3.83. The van der Waals surface area contributed by atoms with Gasteiger partial charge in [-0.25, -0.2) is 0 Å². The van der Waals surface area contributed by atoms with Gasteiger partial charge in [0.15, 0.2) is 0 Å². The number of nitriles is 1. The molecule has 0 spiro atoms. The molecule has 1 aliphatic heterocycles. The molecular weight excluding hydrogens is 188 g/mol. The first-order valence-electron chi connectivity index (χ1n) is 5.18. The van der Waals surface area contributed by atoms with Crippen molar-refractivity contribution in [3.8, 4) is 6.07 Å². The summed E-state index contributed by atoms with van der Waals surface area (Å²) in [6.45, 7) is 0.776. The van der Waals surface area contributed by atoms with E-state index in [-0.39, 0.29) is 12.1 Å². The lowest BCUT2D eigenvalue weighted by molar-refractivity contribution is 0.000145. The zero-order chi connectivity index (χ0) is 10.7. The minimum absolute atomic E-state index is 0.00788. The highest BCUT2D eigenvalue weighted by Crippen LogP contribution is 2.26. The van der Waals surface area contributed by atoms with Gasteiger partial charge in [0.2, 0.25) is 0 Å². The number of benzene rings is 1. The van der Waals surface area contributed by atoms with Crippen LogP contribution in [-0.4, -0.2) is 12.6 Å². The highest BCUT2D eigenvalue weighted by molar-refractivity contribution is 5.33. The molecule has 2 unspecified atom stereocenters. The van der Waals surface area contributed by atoms with Crippen LogP contribution in [0.25, 0.3) is 0 Å². The first kappa shape index (κ1) is 10.2. The molecule has 2 N–H and O–H groups in total. The van der Waals surface area contributed by atoms with E-state index in [4.69, 9.17) is 15.7 Å². The Morgan fingerprint density at radius 2 is 2.07 bits per heavy atom. The minimum Gasteiger partial charge on any atom is -0.372 e. The van der Waals surface area contributed by atoms with Gasteiger partial charge in [-0.05, 0) is 30.5 Å². The molecule has 0 amide bonds. The van der Waals surface area contributed by atoms with Gasteiger partial charge in [0, 0.05) is 12.6 Å². The first-order chi connectivity index (χ1) is 7.31. The quantitative estimate of drug-likeness (QED) is 0.754. The van der Waals surface area contributed by atoms with Crippen molar-refractivity contribution in [2.24, 2.45) is 5.73 Å². The lowest BCUT2D eigenvalue weighted by atomic mass is 9.96. The molecule has 15 heavy (non-hydrogen) atoms. The predicted octanol–water partition coefficient (Wildman–Crippen LogP) is 1.74. The molecular formula is C12H14N2O. The second kappa shape index (κ2) is 4.43. The van der Waals surface area contributed by atoms with Crippen molar-refractivity contribution in [3.63, 3.8) is 0 Å². The van der Waals surface area contributed by atoms with Crippen LogP contribution in [0.5, 0.6) is 0 Å². The topological polar surface area (TPSA) is 59.0 Å². The molecule has 0 aromatic heterocycles. The minimum atomic E-state index is -0.00788. The molecule has 0 aliphatic carbocycles. The lowest BCUT2D eigenvalue weighted by Gasteiger charge is -2.29. The Morgan fingerprint density at radius 1 is 1.33 bits per heavy atom. The summed E-state index contributed by atoms with van der Waals surface area (Å²) in [5.41, 5.74) is 7.73. The molecule has 0 radical (unpaired) electrons. The van der Waals surface area contributed by atoms with Gasteiger partial charge in [-0.1, -0.05) is 12.1 Å². The average molecular weight is 202 g/mol. The van der Waals surface area contributed by atoms with E-state index < -0.39 is 0 Å². The van der Waals surface area contributed by atoms with Gasteiger partial charge in [0.25, 0.3) is 0 Å². The number of nitrogens with zero attached hydrogens (tertiary/aromatic N) is 1. The van der Waals surface area contributed by atoms with Gasteiger partial charge in [-0.15, -0.1) is 0 Å². The summed E-state index contributed by atoms with van der Waals surface area (Å²) >= 11 is 0. The Kier molecular flexibility index (Phi) is 3.00. The van der Waals surface area contributed by atoms with Crippen LogP contribution in [0.1, 0.15) is 30.1 Å². The van der Waals surface area contributed by atoms with E-state index >= 15 is 0 Å². The molecule has 3 heteroatoms. The number of hydrogen-bond donors (Lipinski definition) is 1. The Labute approximate surface area is 89.5 Å². The summed E-state index contributed by atoms with van der Waals surface area (Å²) < 4.78 is 5.64. The van der Waals surface area contributed by atoms with E-state index in [0.29, 0.717) is 5.56 Å². The van der Waals surface area contributed by atoms with Gasteiger partial charge in [0.1, 0.15) is 0 Å². The van der Waals surface area contributed by atoms with Gasteiger partial charge < -0.3 is 10.5 Å². The maximum Gasteiger partial charge on any atom is 0.0991 e. The summed E-state index contributed by atoms with van der Waals surface area (Å²) in [4.78, 5) is 0. The van der Waals surface area contributed by atoms with E-state index in [2.05, 4.69) is 6.07 Å². The number of rotatable bonds is 1. The number of ether oxygens (including phenoxy) is 1. The van der Waals surface area contributed by atoms with Crippen molar-refractivity contribution >= 4 is 0 Å². The fourth-order valence-corrected chi connectivity index (χ4v) is 1.90. The largest absolute Gasteiger partial charge is 0.372 e. The van der Waals surface area contributed by atoms with Gasteiger partial charge in [-0.2, -0.15) is 5.26 Å². The van der Waals surface area contributed by atoms with Crippen LogP contribution in [0.15, 0.2) is 24.3 Å². The first-order valence-corrected chi connectivity index (χ1v) is 5.18. The third kappa shape index (κ3) is 2.17. The lowest BCUT2D eigenvalue weighted by Crippen LogP contribution is -2.34. The van der Waals surface area contributed by atoms with E-state index in [1.807, 2.05) is 12.1 Å². The summed E-state index contributed by atoms with van der Waals surface area (Å²) in [7, 11) is 0. The van der Waals surface area contributed by atoms with Crippen LogP contribution < -0.4 is 5.73 Å². The highest BCUT2D eigenvalue weighted by atomic mass is 16.5. The summed E-state index contributed by atoms with van der Waals surface area (Å²) in [5, 5.41) is 8.68. The van der Waals surface area contributed by atoms with Gasteiger partial charge in [-0.3, -0.25) is 0 Å². The molecule has 78 valence electrons. The molecule has 2 atom stereocenters. The van der Waals surface area contributed by atoms with Crippen LogP contribution >= 0.6 is 0 Å². The zero-order valence-electron chi connectivity index (χ0n) is 8.52. The van der Waals surface area contributed by atoms with Crippen LogP contribution in [-0.2, 0) is 4.74 Å². The maximum atomic E-state index is 8.68. The van der Waals surface area contributed by atoms with Crippen molar-refractivity contribution in [3.05, 3.63) is 35.4 Å². The SMILES string of the molecule is N#Cc1ccc(C2OCCCC2N)cc1. The van der Waals surface area contributed by atoms with E-state index in [1.165, 1.54) is 0 Å². The van der Waals surface area contributed by atoms with Gasteiger partial charge in [0.05, 0.1) is 17.7 Å². The standard InChI is InChI=1S/C12H14N2O/c13-8-9-3-5-10(6-4-9)12-11(14)2-1-7-15-12/h3-6,11-12H,1-2,7,14H2. The Balaban J connectivity index is 2.18. The third-order valence-electron chi connectivity index (χ3n) is 2.74. The molecule has 0 saturated carbocycles. The number of hydrogen-bond acceptors (Lipinski definition) is 3. The van der Waals surface area contributed by atoms with E-state index in [9.17, 15) is 0 Å². The summed E-state index contributed by atoms with van der Waals surface area (Å²) in [6, 6.07) is 9.63. The average Bonchev–Trinajstić information content (AvgIpc) is 2.30. The zero-order valence-corrected chi connectivity index (χ0v) is 8.52.